The number of rotatable bonds is 6. The highest BCUT2D eigenvalue weighted by molar-refractivity contribution is 5.92. The molecule has 6 nitrogen and oxygen atoms in total. The van der Waals surface area contributed by atoms with E-state index >= 15 is 0 Å². The molecule has 0 bridgehead atoms. The quantitative estimate of drug-likeness (QED) is 0.696. The molecule has 2 aromatic heterocycles. The molecule has 3 aromatic rings. The summed E-state index contributed by atoms with van der Waals surface area (Å²) >= 11 is 0. The molecule has 3 rings (SSSR count). The summed E-state index contributed by atoms with van der Waals surface area (Å²) in [7, 11) is 3.52. The van der Waals surface area contributed by atoms with E-state index in [9.17, 15) is 4.79 Å². The first-order chi connectivity index (χ1) is 12.7. The van der Waals surface area contributed by atoms with Gasteiger partial charge in [-0.05, 0) is 35.4 Å². The zero-order valence-electron chi connectivity index (χ0n) is 14.7. The zero-order chi connectivity index (χ0) is 18.4. The van der Waals surface area contributed by atoms with Gasteiger partial charge < -0.3 is 14.6 Å². The number of benzene rings is 1. The average Bonchev–Trinajstić information content (AvgIpc) is 3.11. The molecule has 0 fully saturated rings. The monoisotopic (exact) mass is 348 g/mol. The third-order valence-electron chi connectivity index (χ3n) is 3.96. The molecule has 1 atom stereocenters. The van der Waals surface area contributed by atoms with E-state index in [1.807, 2.05) is 54.2 Å². The third-order valence-corrected chi connectivity index (χ3v) is 3.96. The molecule has 132 valence electrons. The molecule has 1 amide bonds. The number of hydrogen-bond acceptors (Lipinski definition) is 4. The van der Waals surface area contributed by atoms with Crippen molar-refractivity contribution in [3.63, 3.8) is 0 Å². The molecular formula is C20H20N4O2. The number of ether oxygens (including phenoxy) is 1. The Morgan fingerprint density at radius 3 is 2.65 bits per heavy atom. The maximum atomic E-state index is 12.4. The maximum absolute atomic E-state index is 12.4. The lowest BCUT2D eigenvalue weighted by atomic mass is 10.1. The lowest BCUT2D eigenvalue weighted by molar-refractivity contribution is -0.117. The van der Waals surface area contributed by atoms with E-state index in [1.54, 1.807) is 31.8 Å². The smallest absolute Gasteiger partial charge is 0.244 e. The fourth-order valence-corrected chi connectivity index (χ4v) is 2.59. The van der Waals surface area contributed by atoms with Crippen LogP contribution in [0.5, 0.6) is 5.75 Å². The number of nitrogens with zero attached hydrogens (tertiary/aromatic N) is 3. The molecule has 2 heterocycles. The molecule has 0 spiro atoms. The minimum absolute atomic E-state index is 0.210. The lowest BCUT2D eigenvalue weighted by Gasteiger charge is -2.18. The molecule has 0 saturated heterocycles. The topological polar surface area (TPSA) is 69.0 Å². The average molecular weight is 348 g/mol. The SMILES string of the molecule is COc1ccc(C(NC(=O)/C=C/c2cccnc2)c2nccn2C)cc1. The summed E-state index contributed by atoms with van der Waals surface area (Å²) in [4.78, 5) is 20.9. The molecule has 0 aliphatic heterocycles. The van der Waals surface area contributed by atoms with Crippen LogP contribution in [0, 0.1) is 0 Å². The Morgan fingerprint density at radius 2 is 2.04 bits per heavy atom. The van der Waals surface area contributed by atoms with Gasteiger partial charge in [-0.2, -0.15) is 0 Å². The number of amides is 1. The first-order valence-corrected chi connectivity index (χ1v) is 8.17. The Kier molecular flexibility index (Phi) is 5.43. The number of carbonyl (C=O) groups excluding carboxylic acids is 1. The fourth-order valence-electron chi connectivity index (χ4n) is 2.59. The van der Waals surface area contributed by atoms with Gasteiger partial charge in [-0.25, -0.2) is 4.98 Å². The maximum Gasteiger partial charge on any atom is 0.244 e. The highest BCUT2D eigenvalue weighted by Crippen LogP contribution is 2.23. The first-order valence-electron chi connectivity index (χ1n) is 8.17. The van der Waals surface area contributed by atoms with Crippen molar-refractivity contribution in [3.05, 3.63) is 84.2 Å². The number of imidazole rings is 1. The molecule has 1 unspecified atom stereocenters. The standard InChI is InChI=1S/C20H20N4O2/c1-24-13-12-22-20(24)19(16-6-8-17(26-2)9-7-16)23-18(25)10-5-15-4-3-11-21-14-15/h3-14,19H,1-2H3,(H,23,25)/b10-5+. The molecule has 0 radical (unpaired) electrons. The Morgan fingerprint density at radius 1 is 1.23 bits per heavy atom. The second-order valence-corrected chi connectivity index (χ2v) is 5.73. The highest BCUT2D eigenvalue weighted by atomic mass is 16.5. The number of hydrogen-bond donors (Lipinski definition) is 1. The van der Waals surface area contributed by atoms with E-state index < -0.39 is 0 Å². The van der Waals surface area contributed by atoms with Gasteiger partial charge in [0.25, 0.3) is 0 Å². The van der Waals surface area contributed by atoms with Crippen molar-refractivity contribution in [2.45, 2.75) is 6.04 Å². The molecule has 26 heavy (non-hydrogen) atoms. The summed E-state index contributed by atoms with van der Waals surface area (Å²) in [6.45, 7) is 0. The van der Waals surface area contributed by atoms with Gasteiger partial charge in [0.1, 0.15) is 17.6 Å². The molecule has 0 aliphatic carbocycles. The van der Waals surface area contributed by atoms with Crippen LogP contribution in [0.15, 0.2) is 67.3 Å². The van der Waals surface area contributed by atoms with Gasteiger partial charge in [-0.1, -0.05) is 18.2 Å². The van der Waals surface area contributed by atoms with Crippen LogP contribution in [-0.4, -0.2) is 27.6 Å². The minimum Gasteiger partial charge on any atom is -0.497 e. The summed E-state index contributed by atoms with van der Waals surface area (Å²) in [5.41, 5.74) is 1.78. The predicted molar refractivity (Wildman–Crippen MR) is 99.5 cm³/mol. The number of aryl methyl sites for hydroxylation is 1. The lowest BCUT2D eigenvalue weighted by Crippen LogP contribution is -2.29. The van der Waals surface area contributed by atoms with Gasteiger partial charge in [-0.3, -0.25) is 9.78 Å². The number of carbonyl (C=O) groups is 1. The molecular weight excluding hydrogens is 328 g/mol. The third kappa shape index (κ3) is 4.16. The van der Waals surface area contributed by atoms with Gasteiger partial charge in [0.05, 0.1) is 7.11 Å². The minimum atomic E-state index is -0.369. The largest absolute Gasteiger partial charge is 0.497 e. The van der Waals surface area contributed by atoms with Gasteiger partial charge in [0.15, 0.2) is 0 Å². The van der Waals surface area contributed by atoms with E-state index in [1.165, 1.54) is 6.08 Å². The second kappa shape index (κ2) is 8.11. The molecule has 6 heteroatoms. The van der Waals surface area contributed by atoms with Crippen molar-refractivity contribution in [1.29, 1.82) is 0 Å². The van der Waals surface area contributed by atoms with Crippen molar-refractivity contribution in [3.8, 4) is 5.75 Å². The van der Waals surface area contributed by atoms with E-state index in [4.69, 9.17) is 4.74 Å². The number of nitrogens with one attached hydrogen (secondary N) is 1. The second-order valence-electron chi connectivity index (χ2n) is 5.73. The van der Waals surface area contributed by atoms with Gasteiger partial charge in [-0.15, -0.1) is 0 Å². The summed E-state index contributed by atoms with van der Waals surface area (Å²) in [5, 5.41) is 3.01. The van der Waals surface area contributed by atoms with Crippen LogP contribution < -0.4 is 10.1 Å². The van der Waals surface area contributed by atoms with Crippen LogP contribution in [0.25, 0.3) is 6.08 Å². The summed E-state index contributed by atoms with van der Waals surface area (Å²) < 4.78 is 7.10. The van der Waals surface area contributed by atoms with E-state index in [0.29, 0.717) is 0 Å². The molecule has 0 aliphatic rings. The zero-order valence-corrected chi connectivity index (χ0v) is 14.7. The van der Waals surface area contributed by atoms with E-state index in [-0.39, 0.29) is 11.9 Å². The summed E-state index contributed by atoms with van der Waals surface area (Å²) in [5.74, 6) is 1.30. The Balaban J connectivity index is 1.82. The Labute approximate surface area is 152 Å². The van der Waals surface area contributed by atoms with Gasteiger partial charge >= 0.3 is 0 Å². The molecule has 1 aromatic carbocycles. The van der Waals surface area contributed by atoms with Crippen LogP contribution in [0.1, 0.15) is 23.0 Å². The fraction of sp³-hybridized carbons (Fsp3) is 0.150. The first kappa shape index (κ1) is 17.4. The van der Waals surface area contributed by atoms with Crippen molar-refractivity contribution < 1.29 is 9.53 Å². The number of aromatic nitrogens is 3. The van der Waals surface area contributed by atoms with Crippen LogP contribution in [0.2, 0.25) is 0 Å². The van der Waals surface area contributed by atoms with Crippen molar-refractivity contribution in [2.24, 2.45) is 7.05 Å². The molecule has 0 saturated carbocycles. The van der Waals surface area contributed by atoms with Crippen molar-refractivity contribution in [2.75, 3.05) is 7.11 Å². The van der Waals surface area contributed by atoms with Gasteiger partial charge in [0, 0.05) is 37.9 Å². The highest BCUT2D eigenvalue weighted by Gasteiger charge is 2.19. The number of pyridine rings is 1. The van der Waals surface area contributed by atoms with Crippen molar-refractivity contribution in [1.82, 2.24) is 19.9 Å². The molecule has 1 N–H and O–H groups in total. The summed E-state index contributed by atoms with van der Waals surface area (Å²) in [6, 6.07) is 10.9. The number of methoxy groups -OCH3 is 1. The van der Waals surface area contributed by atoms with E-state index in [2.05, 4.69) is 15.3 Å². The van der Waals surface area contributed by atoms with Crippen LogP contribution in [0.3, 0.4) is 0 Å². The Hall–Kier alpha value is -3.41. The predicted octanol–water partition coefficient (Wildman–Crippen LogP) is 2.74. The van der Waals surface area contributed by atoms with Crippen molar-refractivity contribution >= 4 is 12.0 Å². The van der Waals surface area contributed by atoms with Crippen LogP contribution >= 0.6 is 0 Å². The van der Waals surface area contributed by atoms with E-state index in [0.717, 1.165) is 22.7 Å². The van der Waals surface area contributed by atoms with Crippen LogP contribution in [-0.2, 0) is 11.8 Å². The summed E-state index contributed by atoms with van der Waals surface area (Å²) in [6.07, 6.45) is 10.2. The van der Waals surface area contributed by atoms with Crippen LogP contribution in [0.4, 0.5) is 0 Å². The normalized spacial score (nSPS) is 12.1. The Bertz CT molecular complexity index is 886. The van der Waals surface area contributed by atoms with Gasteiger partial charge in [0.2, 0.25) is 5.91 Å².